The van der Waals surface area contributed by atoms with Crippen LogP contribution in [0.2, 0.25) is 0 Å². The van der Waals surface area contributed by atoms with Crippen molar-refractivity contribution in [3.63, 3.8) is 0 Å². The Hall–Kier alpha value is -16.6. The predicted octanol–water partition coefficient (Wildman–Crippen LogP) is 28.4. The smallest absolute Gasteiger partial charge is 0.162 e. The van der Waals surface area contributed by atoms with Gasteiger partial charge in [0.15, 0.2) is 11.6 Å². The van der Waals surface area contributed by atoms with Gasteiger partial charge in [0.25, 0.3) is 0 Å². The van der Waals surface area contributed by atoms with Crippen LogP contribution < -0.4 is 0 Å². The van der Waals surface area contributed by atoms with E-state index in [1.54, 1.807) is 0 Å². The maximum Gasteiger partial charge on any atom is 0.162 e. The highest BCUT2D eigenvalue weighted by atomic mass is 15.2. The molecule has 124 heavy (non-hydrogen) atoms. The zero-order chi connectivity index (χ0) is 82.0. The highest BCUT2D eigenvalue weighted by Gasteiger charge is 2.46. The second-order valence-electron chi connectivity index (χ2n) is 31.6. The van der Waals surface area contributed by atoms with Crippen LogP contribution >= 0.6 is 0 Å². The molecule has 1 aliphatic carbocycles. The summed E-state index contributed by atoms with van der Waals surface area (Å²) in [5.41, 5.74) is 31.5. The first-order valence-electron chi connectivity index (χ1n) is 42.1. The van der Waals surface area contributed by atoms with Gasteiger partial charge < -0.3 is 0 Å². The molecule has 9 nitrogen and oxygen atoms in total. The third kappa shape index (κ3) is 12.5. The molecule has 0 saturated heterocycles. The topological polar surface area (TPSA) is 91.1 Å². The SMILES string of the molecule is c1ccc(-c2nc(-c3ccc(-c4nn5c(-c6ccccc6)cc6ccccc6c5c4-c4ccccc4)cc3)cc(-c3ccc4c(c3)C(c3ccccc3)(c3ccccc3)c3ccccc3-4)n2)cc1.c1ccc(-c2nc(-c3ccc(-c4nn5c(-c6ccccc6)cc6ccccc6c5c4-c4ccccc4)cc3)cc(-n3c4ccccc4c4ccccc43)n2)cc1. The Morgan fingerprint density at radius 2 is 0.556 bits per heavy atom. The van der Waals surface area contributed by atoms with Crippen LogP contribution in [0.15, 0.2) is 455 Å². The third-order valence-corrected chi connectivity index (χ3v) is 24.5. The number of aromatic nitrogens is 9. The van der Waals surface area contributed by atoms with Gasteiger partial charge in [0, 0.05) is 88.8 Å². The van der Waals surface area contributed by atoms with Crippen LogP contribution in [0.1, 0.15) is 22.3 Å². The molecule has 16 aromatic carbocycles. The number of benzene rings is 16. The summed E-state index contributed by atoms with van der Waals surface area (Å²) in [6.07, 6.45) is 0. The van der Waals surface area contributed by atoms with E-state index in [-0.39, 0.29) is 0 Å². The minimum Gasteiger partial charge on any atom is -0.294 e. The zero-order valence-corrected chi connectivity index (χ0v) is 67.3. The number of para-hydroxylation sites is 2. The lowest BCUT2D eigenvalue weighted by atomic mass is 9.67. The number of pyridine rings is 2. The summed E-state index contributed by atoms with van der Waals surface area (Å²) in [4.78, 5) is 21.0. The molecule has 0 saturated carbocycles. The Labute approximate surface area is 716 Å². The predicted molar refractivity (Wildman–Crippen MR) is 508 cm³/mol. The lowest BCUT2D eigenvalue weighted by Crippen LogP contribution is -2.28. The number of rotatable bonds is 14. The van der Waals surface area contributed by atoms with E-state index in [0.717, 1.165) is 151 Å². The first-order valence-corrected chi connectivity index (χ1v) is 42.1. The van der Waals surface area contributed by atoms with E-state index in [1.165, 1.54) is 54.9 Å². The van der Waals surface area contributed by atoms with E-state index in [9.17, 15) is 0 Å². The molecule has 7 aromatic heterocycles. The van der Waals surface area contributed by atoms with Crippen LogP contribution in [0.25, 0.3) is 195 Å². The van der Waals surface area contributed by atoms with Crippen LogP contribution in [-0.4, -0.2) is 43.7 Å². The summed E-state index contributed by atoms with van der Waals surface area (Å²) < 4.78 is 6.54. The molecule has 0 radical (unpaired) electrons. The van der Waals surface area contributed by atoms with Crippen molar-refractivity contribution in [2.45, 2.75) is 5.41 Å². The zero-order valence-electron chi connectivity index (χ0n) is 67.3. The summed E-state index contributed by atoms with van der Waals surface area (Å²) in [5.74, 6) is 2.17. The quantitative estimate of drug-likeness (QED) is 0.108. The van der Waals surface area contributed by atoms with Crippen molar-refractivity contribution >= 4 is 54.4 Å². The molecule has 0 unspecified atom stereocenters. The van der Waals surface area contributed by atoms with Gasteiger partial charge >= 0.3 is 0 Å². The van der Waals surface area contributed by atoms with Crippen LogP contribution in [0, 0.1) is 0 Å². The van der Waals surface area contributed by atoms with Crippen molar-refractivity contribution in [1.29, 1.82) is 0 Å². The fourth-order valence-electron chi connectivity index (χ4n) is 18.8. The molecule has 0 aliphatic heterocycles. The maximum absolute atomic E-state index is 5.49. The van der Waals surface area contributed by atoms with Gasteiger partial charge in [0.1, 0.15) is 17.2 Å². The van der Waals surface area contributed by atoms with Crippen molar-refractivity contribution in [2.75, 3.05) is 0 Å². The average molecular weight is 1580 g/mol. The van der Waals surface area contributed by atoms with E-state index < -0.39 is 5.41 Å². The number of hydrogen-bond acceptors (Lipinski definition) is 6. The molecule has 24 rings (SSSR count). The molecule has 0 atom stereocenters. The first-order chi connectivity index (χ1) is 61.5. The van der Waals surface area contributed by atoms with Crippen LogP contribution in [-0.2, 0) is 5.41 Å². The molecule has 0 spiro atoms. The van der Waals surface area contributed by atoms with Gasteiger partial charge in [-0.3, -0.25) is 4.57 Å². The Bertz CT molecular complexity index is 7880. The van der Waals surface area contributed by atoms with Gasteiger partial charge in [-0.1, -0.05) is 413 Å². The standard InChI is InChI=1S/C64H42N4.C51H33N5/c1-6-20-44(21-7-1)59-41-48-26-16-17-31-52(48)62-60(45-22-8-2-9-23-45)61(67-68(59)62)46-36-34-43(35-37-46)57-42-58(66-63(65-57)47-24-10-3-11-25-47)49-38-39-54-53-32-18-19-33-55(53)64(56(54)40-49,50-27-12-4-13-28-50)51-29-14-5-15-30-51;1-4-16-35(17-5-1)46-32-39-22-10-11-23-40(39)50-48(36-18-6-2-7-19-36)49(54-56(46)50)37-30-28-34(29-31-37)43-33-47(53-51(52-43)38-20-8-3-9-21-38)55-44-26-14-12-24-41(44)42-25-13-15-27-45(42)55/h1-42H;1-33H. The highest BCUT2D eigenvalue weighted by Crippen LogP contribution is 2.57. The summed E-state index contributed by atoms with van der Waals surface area (Å²) in [5, 5.41) is 18.0. The Morgan fingerprint density at radius 1 is 0.218 bits per heavy atom. The summed E-state index contributed by atoms with van der Waals surface area (Å²) in [7, 11) is 0. The largest absolute Gasteiger partial charge is 0.294 e. The lowest BCUT2D eigenvalue weighted by Gasteiger charge is -2.34. The van der Waals surface area contributed by atoms with Crippen molar-refractivity contribution in [2.24, 2.45) is 0 Å². The molecule has 23 aromatic rings. The molecular weight excluding hydrogens is 1510 g/mol. The molecule has 1 aliphatic rings. The Kier molecular flexibility index (Phi) is 17.9. The monoisotopic (exact) mass is 1580 g/mol. The minimum absolute atomic E-state index is 0.525. The summed E-state index contributed by atoms with van der Waals surface area (Å²) >= 11 is 0. The minimum atomic E-state index is -0.525. The first kappa shape index (κ1) is 72.6. The van der Waals surface area contributed by atoms with E-state index in [1.807, 2.05) is 36.4 Å². The van der Waals surface area contributed by atoms with Crippen molar-refractivity contribution < 1.29 is 0 Å². The normalized spacial score (nSPS) is 12.1. The maximum atomic E-state index is 5.49. The molecule has 0 N–H and O–H groups in total. The van der Waals surface area contributed by atoms with E-state index in [2.05, 4.69) is 432 Å². The molecule has 0 amide bonds. The molecular formula is C115H75N9. The lowest BCUT2D eigenvalue weighted by molar-refractivity contribution is 0.768. The van der Waals surface area contributed by atoms with Crippen molar-refractivity contribution in [1.82, 2.24) is 43.7 Å². The van der Waals surface area contributed by atoms with Crippen LogP contribution in [0.4, 0.5) is 0 Å². The second-order valence-corrected chi connectivity index (χ2v) is 31.6. The second kappa shape index (κ2) is 30.6. The Morgan fingerprint density at radius 3 is 1.02 bits per heavy atom. The van der Waals surface area contributed by atoms with E-state index in [4.69, 9.17) is 30.1 Å². The fourth-order valence-corrected chi connectivity index (χ4v) is 18.8. The molecule has 0 bridgehead atoms. The van der Waals surface area contributed by atoms with Gasteiger partial charge in [0.2, 0.25) is 0 Å². The third-order valence-electron chi connectivity index (χ3n) is 24.5. The number of fused-ring (bicyclic) bond motifs is 12. The molecule has 7 heterocycles. The average Bonchev–Trinajstić information content (AvgIpc) is 1.54. The van der Waals surface area contributed by atoms with Crippen molar-refractivity contribution in [3.05, 3.63) is 477 Å². The van der Waals surface area contributed by atoms with Gasteiger partial charge in [0.05, 0.1) is 56.0 Å². The van der Waals surface area contributed by atoms with Crippen LogP contribution in [0.3, 0.4) is 0 Å². The van der Waals surface area contributed by atoms with Crippen molar-refractivity contribution in [3.8, 4) is 141 Å². The summed E-state index contributed by atoms with van der Waals surface area (Å²) in [6.45, 7) is 0. The van der Waals surface area contributed by atoms with Gasteiger partial charge in [-0.25, -0.2) is 29.0 Å². The van der Waals surface area contributed by atoms with E-state index >= 15 is 0 Å². The van der Waals surface area contributed by atoms with Crippen LogP contribution in [0.5, 0.6) is 0 Å². The van der Waals surface area contributed by atoms with Gasteiger partial charge in [-0.15, -0.1) is 0 Å². The highest BCUT2D eigenvalue weighted by molar-refractivity contribution is 6.12. The number of hydrogen-bond donors (Lipinski definition) is 0. The van der Waals surface area contributed by atoms with Gasteiger partial charge in [-0.05, 0) is 91.7 Å². The molecule has 9 heteroatoms. The molecule has 580 valence electrons. The number of nitrogens with zero attached hydrogens (tertiary/aromatic N) is 9. The molecule has 0 fully saturated rings. The van der Waals surface area contributed by atoms with E-state index in [0.29, 0.717) is 11.6 Å². The Balaban J connectivity index is 0.000000146. The van der Waals surface area contributed by atoms with Gasteiger partial charge in [-0.2, -0.15) is 10.2 Å². The fraction of sp³-hybridized carbons (Fsp3) is 0.00870. The summed E-state index contributed by atoms with van der Waals surface area (Å²) in [6, 6.07) is 161.